The van der Waals surface area contributed by atoms with Crippen LogP contribution in [0.5, 0.6) is 11.5 Å². The molecule has 0 saturated carbocycles. The van der Waals surface area contributed by atoms with Crippen LogP contribution in [0.25, 0.3) is 0 Å². The Kier molecular flexibility index (Phi) is 7.53. The average Bonchev–Trinajstić information content (AvgIpc) is 2.79. The van der Waals surface area contributed by atoms with Gasteiger partial charge in [-0.05, 0) is 61.5 Å². The highest BCUT2D eigenvalue weighted by Gasteiger charge is 2.21. The fourth-order valence-electron chi connectivity index (χ4n) is 3.00. The maximum absolute atomic E-state index is 12.7. The van der Waals surface area contributed by atoms with E-state index in [1.54, 1.807) is 31.3 Å². The van der Waals surface area contributed by atoms with Crippen molar-refractivity contribution in [2.75, 3.05) is 6.26 Å². The summed E-state index contributed by atoms with van der Waals surface area (Å²) < 4.78 is 58.2. The fourth-order valence-corrected chi connectivity index (χ4v) is 5.04. The van der Waals surface area contributed by atoms with Crippen molar-refractivity contribution >= 4 is 31.7 Å². The molecule has 1 amide bonds. The molecule has 0 aliphatic carbocycles. The van der Waals surface area contributed by atoms with Gasteiger partial charge in [-0.1, -0.05) is 6.07 Å². The molecular weight excluding hydrogens is 494 g/mol. The molecule has 1 aromatic heterocycles. The lowest BCUT2D eigenvalue weighted by Gasteiger charge is -2.14. The third-order valence-electron chi connectivity index (χ3n) is 4.65. The molecular formula is C22H23N5O6S2. The highest BCUT2D eigenvalue weighted by molar-refractivity contribution is 7.90. The van der Waals surface area contributed by atoms with Gasteiger partial charge in [-0.15, -0.1) is 0 Å². The highest BCUT2D eigenvalue weighted by Crippen LogP contribution is 2.31. The first-order valence-corrected chi connectivity index (χ1v) is 13.4. The lowest BCUT2D eigenvalue weighted by molar-refractivity contribution is 0.100. The molecule has 0 radical (unpaired) electrons. The maximum Gasteiger partial charge on any atom is 0.280 e. The summed E-state index contributed by atoms with van der Waals surface area (Å²) in [5.74, 6) is -1.17. The Morgan fingerprint density at radius 3 is 2.29 bits per heavy atom. The largest absolute Gasteiger partial charge is 0.456 e. The average molecular weight is 518 g/mol. The molecule has 0 fully saturated rings. The van der Waals surface area contributed by atoms with E-state index >= 15 is 0 Å². The topological polar surface area (TPSA) is 184 Å². The number of ether oxygens (including phenoxy) is 1. The number of benzene rings is 2. The first kappa shape index (κ1) is 25.8. The minimum absolute atomic E-state index is 0.0193. The normalized spacial score (nSPS) is 12.5. The Morgan fingerprint density at radius 1 is 1.03 bits per heavy atom. The molecule has 1 atom stereocenters. The van der Waals surface area contributed by atoms with E-state index in [1.807, 2.05) is 0 Å². The zero-order valence-electron chi connectivity index (χ0n) is 18.7. The summed E-state index contributed by atoms with van der Waals surface area (Å²) in [5, 5.41) is 0. The summed E-state index contributed by atoms with van der Waals surface area (Å²) in [4.78, 5) is 19.3. The molecule has 0 bridgehead atoms. The third-order valence-corrected chi connectivity index (χ3v) is 7.32. The highest BCUT2D eigenvalue weighted by atomic mass is 32.2. The number of hydrogen-bond donors (Lipinski definition) is 3. The van der Waals surface area contributed by atoms with Crippen LogP contribution in [-0.4, -0.2) is 39.9 Å². The van der Waals surface area contributed by atoms with Gasteiger partial charge >= 0.3 is 0 Å². The summed E-state index contributed by atoms with van der Waals surface area (Å²) in [5.41, 5.74) is 10.9. The number of amides is 1. The number of sulfone groups is 1. The Balaban J connectivity index is 1.84. The molecule has 1 unspecified atom stereocenters. The predicted octanol–water partition coefficient (Wildman–Crippen LogP) is 1.73. The van der Waals surface area contributed by atoms with Crippen molar-refractivity contribution in [1.82, 2.24) is 9.71 Å². The van der Waals surface area contributed by atoms with Gasteiger partial charge in [0, 0.05) is 18.0 Å². The first-order chi connectivity index (χ1) is 16.4. The molecule has 0 saturated heterocycles. The number of sulfonamides is 1. The number of hydrogen-bond acceptors (Lipinski definition) is 7. The van der Waals surface area contributed by atoms with Crippen LogP contribution in [0.15, 0.2) is 81.6 Å². The van der Waals surface area contributed by atoms with Crippen LogP contribution in [0.4, 0.5) is 0 Å². The van der Waals surface area contributed by atoms with Gasteiger partial charge in [-0.2, -0.15) is 4.99 Å². The number of rotatable bonds is 8. The zero-order chi connectivity index (χ0) is 25.8. The van der Waals surface area contributed by atoms with Crippen molar-refractivity contribution in [3.8, 4) is 11.5 Å². The summed E-state index contributed by atoms with van der Waals surface area (Å²) in [7, 11) is -7.67. The van der Waals surface area contributed by atoms with Gasteiger partial charge in [0.2, 0.25) is 10.0 Å². The number of pyridine rings is 1. The van der Waals surface area contributed by atoms with Crippen LogP contribution in [0, 0.1) is 0 Å². The number of guanidine groups is 1. The molecule has 13 heteroatoms. The minimum atomic E-state index is -3.87. The maximum atomic E-state index is 12.7. The van der Waals surface area contributed by atoms with Gasteiger partial charge in [0.15, 0.2) is 15.8 Å². The number of aromatic nitrogens is 1. The van der Waals surface area contributed by atoms with Crippen molar-refractivity contribution in [2.45, 2.75) is 22.8 Å². The monoisotopic (exact) mass is 517 g/mol. The summed E-state index contributed by atoms with van der Waals surface area (Å²) in [6.45, 7) is 1.67. The Morgan fingerprint density at radius 2 is 1.71 bits per heavy atom. The molecule has 3 aromatic rings. The smallest absolute Gasteiger partial charge is 0.280 e. The van der Waals surface area contributed by atoms with Gasteiger partial charge in [-0.3, -0.25) is 9.78 Å². The molecule has 1 heterocycles. The molecule has 0 aliphatic rings. The molecule has 184 valence electrons. The van der Waals surface area contributed by atoms with Gasteiger partial charge in [0.25, 0.3) is 5.91 Å². The summed E-state index contributed by atoms with van der Waals surface area (Å²) in [6.07, 6.45) is 2.52. The molecule has 11 nitrogen and oxygen atoms in total. The fraction of sp³-hybridized carbons (Fsp3) is 0.136. The summed E-state index contributed by atoms with van der Waals surface area (Å²) >= 11 is 0. The first-order valence-electron chi connectivity index (χ1n) is 10.1. The Labute approximate surface area is 202 Å². The van der Waals surface area contributed by atoms with E-state index in [0.29, 0.717) is 5.69 Å². The second-order valence-corrected chi connectivity index (χ2v) is 11.1. The second-order valence-electron chi connectivity index (χ2n) is 7.45. The van der Waals surface area contributed by atoms with Crippen molar-refractivity contribution in [1.29, 1.82) is 0 Å². The van der Waals surface area contributed by atoms with E-state index < -0.39 is 37.8 Å². The molecule has 2 aromatic carbocycles. The van der Waals surface area contributed by atoms with Crippen LogP contribution >= 0.6 is 0 Å². The van der Waals surface area contributed by atoms with Crippen molar-refractivity contribution in [2.24, 2.45) is 16.5 Å². The number of carbonyl (C=O) groups excluding carboxylic acids is 1. The SMILES string of the molecule is CC(NS(=O)(=O)c1ccc(Oc2ccc(C(=O)N=C(N)N)cc2S(C)(=O)=O)cc1)c1ccccn1. The molecule has 3 rings (SSSR count). The Bertz CT molecular complexity index is 1470. The van der Waals surface area contributed by atoms with Crippen LogP contribution in [0.1, 0.15) is 29.0 Å². The standard InChI is InChI=1S/C22H23N5O6S2/c1-14(18-5-3-4-12-25-18)27-35(31,32)17-9-7-16(8-10-17)33-19-11-6-15(21(28)26-22(23)24)13-20(19)34(2,29)30/h3-14,27H,1-2H3,(H4,23,24,26,28). The van der Waals surface area contributed by atoms with Crippen molar-refractivity contribution in [3.05, 3.63) is 78.1 Å². The lowest BCUT2D eigenvalue weighted by atomic mass is 10.2. The van der Waals surface area contributed by atoms with Crippen LogP contribution in [-0.2, 0) is 19.9 Å². The van der Waals surface area contributed by atoms with E-state index in [-0.39, 0.29) is 26.9 Å². The molecule has 0 aliphatic heterocycles. The number of carbonyl (C=O) groups is 1. The lowest BCUT2D eigenvalue weighted by Crippen LogP contribution is -2.27. The van der Waals surface area contributed by atoms with Crippen LogP contribution in [0.3, 0.4) is 0 Å². The van der Waals surface area contributed by atoms with E-state index in [2.05, 4.69) is 14.7 Å². The predicted molar refractivity (Wildman–Crippen MR) is 129 cm³/mol. The molecule has 35 heavy (non-hydrogen) atoms. The van der Waals surface area contributed by atoms with E-state index in [0.717, 1.165) is 12.3 Å². The van der Waals surface area contributed by atoms with Crippen LogP contribution in [0.2, 0.25) is 0 Å². The number of nitrogens with zero attached hydrogens (tertiary/aromatic N) is 2. The van der Waals surface area contributed by atoms with Gasteiger partial charge < -0.3 is 16.2 Å². The number of nitrogens with one attached hydrogen (secondary N) is 1. The number of nitrogens with two attached hydrogens (primary N) is 2. The van der Waals surface area contributed by atoms with Gasteiger partial charge in [0.05, 0.1) is 16.6 Å². The van der Waals surface area contributed by atoms with Crippen molar-refractivity contribution < 1.29 is 26.4 Å². The van der Waals surface area contributed by atoms with E-state index in [4.69, 9.17) is 16.2 Å². The van der Waals surface area contributed by atoms with E-state index in [1.165, 1.54) is 36.4 Å². The quantitative estimate of drug-likeness (QED) is 0.296. The Hall–Kier alpha value is -3.81. The van der Waals surface area contributed by atoms with E-state index in [9.17, 15) is 21.6 Å². The molecule has 0 spiro atoms. The second kappa shape index (κ2) is 10.2. The van der Waals surface area contributed by atoms with Gasteiger partial charge in [-0.25, -0.2) is 21.6 Å². The summed E-state index contributed by atoms with van der Waals surface area (Å²) in [6, 6.07) is 13.7. The van der Waals surface area contributed by atoms with Crippen LogP contribution < -0.4 is 20.9 Å². The number of aliphatic imine (C=N–C) groups is 1. The third kappa shape index (κ3) is 6.62. The minimum Gasteiger partial charge on any atom is -0.456 e. The molecule has 5 N–H and O–H groups in total. The van der Waals surface area contributed by atoms with Gasteiger partial charge in [0.1, 0.15) is 16.4 Å². The van der Waals surface area contributed by atoms with Crippen molar-refractivity contribution in [3.63, 3.8) is 0 Å². The zero-order valence-corrected chi connectivity index (χ0v) is 20.4.